The molecule has 148 valence electrons. The topological polar surface area (TPSA) is 86.9 Å². The molecule has 6 nitrogen and oxygen atoms in total. The van der Waals surface area contributed by atoms with Crippen LogP contribution in [0.2, 0.25) is 0 Å². The zero-order valence-corrected chi connectivity index (χ0v) is 16.9. The van der Waals surface area contributed by atoms with Crippen LogP contribution in [-0.4, -0.2) is 20.7 Å². The minimum absolute atomic E-state index is 0.129. The summed E-state index contributed by atoms with van der Waals surface area (Å²) < 4.78 is 31.1. The molecular formula is C20H23FN4O2S. The molecule has 1 aliphatic rings. The number of anilines is 1. The standard InChI is InChI=1S/C20H23FN4O2S/c1-12(2)8-15-4-6-16-18(28(27)24-15)11-25(3)19(16)20(26)23-14-5-7-17(21)13(9-14)10-22/h5,7,9,11-12,15,24H,4,6,8H2,1-3H3,(H,23,26). The lowest BCUT2D eigenvalue weighted by Crippen LogP contribution is -2.30. The van der Waals surface area contributed by atoms with Gasteiger partial charge in [0.15, 0.2) is 0 Å². The molecule has 2 atom stereocenters. The van der Waals surface area contributed by atoms with E-state index in [2.05, 4.69) is 23.9 Å². The number of nitriles is 1. The van der Waals surface area contributed by atoms with Crippen LogP contribution in [0.25, 0.3) is 0 Å². The summed E-state index contributed by atoms with van der Waals surface area (Å²) in [6, 6.07) is 5.75. The summed E-state index contributed by atoms with van der Waals surface area (Å²) in [5.74, 6) is -0.530. The fourth-order valence-corrected chi connectivity index (χ4v) is 4.87. The van der Waals surface area contributed by atoms with Gasteiger partial charge in [0, 0.05) is 30.5 Å². The molecule has 8 heteroatoms. The number of carbonyl (C=O) groups excluding carboxylic acids is 1. The predicted molar refractivity (Wildman–Crippen MR) is 106 cm³/mol. The van der Waals surface area contributed by atoms with Gasteiger partial charge in [-0.2, -0.15) is 5.26 Å². The second-order valence-electron chi connectivity index (χ2n) is 7.44. The molecule has 0 aliphatic carbocycles. The summed E-state index contributed by atoms with van der Waals surface area (Å²) in [6.07, 6.45) is 4.06. The minimum atomic E-state index is -1.38. The summed E-state index contributed by atoms with van der Waals surface area (Å²) in [5, 5.41) is 11.7. The second kappa shape index (κ2) is 8.25. The van der Waals surface area contributed by atoms with Gasteiger partial charge in [-0.3, -0.25) is 4.79 Å². The third-order valence-corrected chi connectivity index (χ3v) is 6.08. The Labute approximate surface area is 166 Å². The highest BCUT2D eigenvalue weighted by Gasteiger charge is 2.28. The molecule has 28 heavy (non-hydrogen) atoms. The van der Waals surface area contributed by atoms with Crippen molar-refractivity contribution in [1.29, 1.82) is 5.26 Å². The van der Waals surface area contributed by atoms with Gasteiger partial charge in [0.05, 0.1) is 10.5 Å². The average molecular weight is 402 g/mol. The molecule has 0 radical (unpaired) electrons. The number of nitrogens with zero attached hydrogens (tertiary/aromatic N) is 2. The molecule has 2 unspecified atom stereocenters. The maximum absolute atomic E-state index is 13.5. The van der Waals surface area contributed by atoms with Crippen molar-refractivity contribution in [2.24, 2.45) is 13.0 Å². The molecular weight excluding hydrogens is 379 g/mol. The SMILES string of the molecule is CC(C)CC1CCc2c(cn(C)c2C(=O)Nc2ccc(F)c(C#N)c2)S(=O)N1. The Bertz CT molecular complexity index is 977. The number of hydrogen-bond donors (Lipinski definition) is 2. The molecule has 2 aromatic rings. The third kappa shape index (κ3) is 4.16. The molecule has 0 saturated heterocycles. The van der Waals surface area contributed by atoms with Gasteiger partial charge in [-0.1, -0.05) is 13.8 Å². The fourth-order valence-electron chi connectivity index (χ4n) is 3.55. The van der Waals surface area contributed by atoms with Crippen molar-refractivity contribution >= 4 is 22.6 Å². The van der Waals surface area contributed by atoms with E-state index in [1.807, 2.05) is 0 Å². The third-order valence-electron chi connectivity index (χ3n) is 4.78. The maximum Gasteiger partial charge on any atom is 0.272 e. The lowest BCUT2D eigenvalue weighted by Gasteiger charge is -2.17. The van der Waals surface area contributed by atoms with Crippen molar-refractivity contribution in [3.8, 4) is 6.07 Å². The number of fused-ring (bicyclic) bond motifs is 1. The number of hydrogen-bond acceptors (Lipinski definition) is 3. The number of aromatic nitrogens is 1. The molecule has 0 fully saturated rings. The molecule has 0 bridgehead atoms. The van der Waals surface area contributed by atoms with E-state index in [0.717, 1.165) is 24.5 Å². The molecule has 1 aromatic heterocycles. The minimum Gasteiger partial charge on any atom is -0.345 e. The molecule has 1 aliphatic heterocycles. The smallest absolute Gasteiger partial charge is 0.272 e. The first-order valence-corrected chi connectivity index (χ1v) is 10.3. The molecule has 1 aromatic carbocycles. The van der Waals surface area contributed by atoms with E-state index in [4.69, 9.17) is 5.26 Å². The van der Waals surface area contributed by atoms with Gasteiger partial charge in [0.1, 0.15) is 28.6 Å². The van der Waals surface area contributed by atoms with Gasteiger partial charge in [-0.15, -0.1) is 0 Å². The maximum atomic E-state index is 13.5. The first-order valence-electron chi connectivity index (χ1n) is 9.17. The molecule has 3 rings (SSSR count). The van der Waals surface area contributed by atoms with Crippen LogP contribution in [0.3, 0.4) is 0 Å². The number of carbonyl (C=O) groups is 1. The lowest BCUT2D eigenvalue weighted by molar-refractivity contribution is 0.101. The van der Waals surface area contributed by atoms with Crippen molar-refractivity contribution in [2.75, 3.05) is 5.32 Å². The number of nitrogens with one attached hydrogen (secondary N) is 2. The van der Waals surface area contributed by atoms with E-state index in [1.54, 1.807) is 23.9 Å². The van der Waals surface area contributed by atoms with Gasteiger partial charge in [0.25, 0.3) is 5.91 Å². The van der Waals surface area contributed by atoms with Gasteiger partial charge < -0.3 is 9.88 Å². The Morgan fingerprint density at radius 2 is 2.25 bits per heavy atom. The lowest BCUT2D eigenvalue weighted by atomic mass is 9.98. The van der Waals surface area contributed by atoms with Crippen LogP contribution in [0.15, 0.2) is 29.3 Å². The zero-order valence-electron chi connectivity index (χ0n) is 16.1. The van der Waals surface area contributed by atoms with Crippen molar-refractivity contribution in [1.82, 2.24) is 9.29 Å². The second-order valence-corrected chi connectivity index (χ2v) is 8.66. The molecule has 0 saturated carbocycles. The summed E-state index contributed by atoms with van der Waals surface area (Å²) in [6.45, 7) is 4.25. The van der Waals surface area contributed by atoms with E-state index < -0.39 is 16.8 Å². The summed E-state index contributed by atoms with van der Waals surface area (Å²) in [5.41, 5.74) is 1.40. The van der Waals surface area contributed by atoms with Gasteiger partial charge in [0.2, 0.25) is 0 Å². The molecule has 2 N–H and O–H groups in total. The quantitative estimate of drug-likeness (QED) is 0.823. The van der Waals surface area contributed by atoms with Crippen LogP contribution in [0.1, 0.15) is 48.3 Å². The Kier molecular flexibility index (Phi) is 5.96. The highest BCUT2D eigenvalue weighted by atomic mass is 32.2. The van der Waals surface area contributed by atoms with Crippen molar-refractivity contribution in [3.63, 3.8) is 0 Å². The highest BCUT2D eigenvalue weighted by molar-refractivity contribution is 7.83. The summed E-state index contributed by atoms with van der Waals surface area (Å²) in [7, 11) is 0.351. The Morgan fingerprint density at radius 3 is 2.93 bits per heavy atom. The van der Waals surface area contributed by atoms with Crippen molar-refractivity contribution in [2.45, 2.75) is 44.0 Å². The number of rotatable bonds is 4. The Balaban J connectivity index is 1.87. The normalized spacial score (nSPS) is 19.0. The largest absolute Gasteiger partial charge is 0.345 e. The highest BCUT2D eigenvalue weighted by Crippen LogP contribution is 2.27. The van der Waals surface area contributed by atoms with E-state index in [9.17, 15) is 13.4 Å². The van der Waals surface area contributed by atoms with Gasteiger partial charge >= 0.3 is 0 Å². The average Bonchev–Trinajstić information content (AvgIpc) is 2.89. The fraction of sp³-hybridized carbons (Fsp3) is 0.400. The zero-order chi connectivity index (χ0) is 20.4. The van der Waals surface area contributed by atoms with E-state index in [-0.39, 0.29) is 17.5 Å². The summed E-state index contributed by atoms with van der Waals surface area (Å²) in [4.78, 5) is 13.5. The van der Waals surface area contributed by atoms with Crippen LogP contribution >= 0.6 is 0 Å². The monoisotopic (exact) mass is 402 g/mol. The van der Waals surface area contributed by atoms with E-state index in [1.165, 1.54) is 12.1 Å². The van der Waals surface area contributed by atoms with E-state index >= 15 is 0 Å². The van der Waals surface area contributed by atoms with Crippen LogP contribution in [0, 0.1) is 23.1 Å². The first-order chi connectivity index (χ1) is 13.3. The first kappa shape index (κ1) is 20.2. The van der Waals surface area contributed by atoms with Crippen molar-refractivity contribution in [3.05, 3.63) is 47.0 Å². The summed E-state index contributed by atoms with van der Waals surface area (Å²) >= 11 is 0. The Morgan fingerprint density at radius 1 is 1.50 bits per heavy atom. The van der Waals surface area contributed by atoms with E-state index in [0.29, 0.717) is 28.6 Å². The van der Waals surface area contributed by atoms with Crippen LogP contribution in [0.5, 0.6) is 0 Å². The van der Waals surface area contributed by atoms with Crippen LogP contribution in [0.4, 0.5) is 10.1 Å². The number of amides is 1. The van der Waals surface area contributed by atoms with Gasteiger partial charge in [-0.05, 0) is 43.4 Å². The predicted octanol–water partition coefficient (Wildman–Crippen LogP) is 3.26. The van der Waals surface area contributed by atoms with Crippen molar-refractivity contribution < 1.29 is 13.4 Å². The van der Waals surface area contributed by atoms with Crippen LogP contribution in [-0.2, 0) is 24.5 Å². The molecule has 2 heterocycles. The molecule has 0 spiro atoms. The number of benzene rings is 1. The number of halogens is 1. The Hall–Kier alpha value is -2.50. The molecule has 1 amide bonds. The number of aryl methyl sites for hydroxylation is 1. The van der Waals surface area contributed by atoms with Gasteiger partial charge in [-0.25, -0.2) is 13.3 Å². The van der Waals surface area contributed by atoms with Crippen LogP contribution < -0.4 is 10.0 Å².